The quantitative estimate of drug-likeness (QED) is 0.472. The van der Waals surface area contributed by atoms with E-state index in [1.165, 1.54) is 31.4 Å². The monoisotopic (exact) mass is 443 g/mol. The summed E-state index contributed by atoms with van der Waals surface area (Å²) in [7, 11) is 0. The first-order valence-electron chi connectivity index (χ1n) is 11.8. The third-order valence-electron chi connectivity index (χ3n) is 6.83. The fraction of sp³-hybridized carbons (Fsp3) is 0.346. The summed E-state index contributed by atoms with van der Waals surface area (Å²) in [5.74, 6) is 0.636. The van der Waals surface area contributed by atoms with E-state index in [9.17, 15) is 9.18 Å². The lowest BCUT2D eigenvalue weighted by atomic mass is 9.95. The van der Waals surface area contributed by atoms with E-state index in [0.29, 0.717) is 5.69 Å². The van der Waals surface area contributed by atoms with Crippen LogP contribution in [-0.2, 0) is 25.8 Å². The van der Waals surface area contributed by atoms with Gasteiger partial charge in [0, 0.05) is 29.9 Å². The van der Waals surface area contributed by atoms with E-state index < -0.39 is 0 Å². The predicted molar refractivity (Wildman–Crippen MR) is 125 cm³/mol. The minimum atomic E-state index is -0.287. The Balaban J connectivity index is 1.32. The molecule has 0 atom stereocenters. The van der Waals surface area contributed by atoms with Crippen LogP contribution in [0.3, 0.4) is 0 Å². The van der Waals surface area contributed by atoms with Crippen molar-refractivity contribution in [1.29, 1.82) is 0 Å². The fourth-order valence-electron chi connectivity index (χ4n) is 5.20. The second-order valence-electron chi connectivity index (χ2n) is 9.02. The van der Waals surface area contributed by atoms with Gasteiger partial charge in [0.1, 0.15) is 11.6 Å². The van der Waals surface area contributed by atoms with Crippen molar-refractivity contribution in [1.82, 2.24) is 19.3 Å². The minimum absolute atomic E-state index is 0.214. The van der Waals surface area contributed by atoms with Gasteiger partial charge in [-0.2, -0.15) is 5.10 Å². The number of carbonyl (C=O) groups is 1. The summed E-state index contributed by atoms with van der Waals surface area (Å²) in [4.78, 5) is 18.1. The van der Waals surface area contributed by atoms with E-state index in [2.05, 4.69) is 21.0 Å². The third kappa shape index (κ3) is 3.61. The van der Waals surface area contributed by atoms with Gasteiger partial charge in [0.15, 0.2) is 5.69 Å². The largest absolute Gasteiger partial charge is 0.328 e. The molecule has 0 saturated heterocycles. The molecule has 168 valence electrons. The maximum absolute atomic E-state index is 13.4. The van der Waals surface area contributed by atoms with Gasteiger partial charge in [-0.05, 0) is 81.0 Å². The minimum Gasteiger partial charge on any atom is -0.328 e. The number of rotatable bonds is 3. The molecule has 1 N–H and O–H groups in total. The maximum Gasteiger partial charge on any atom is 0.276 e. The van der Waals surface area contributed by atoms with Gasteiger partial charge in [0.25, 0.3) is 5.91 Å². The zero-order valence-corrected chi connectivity index (χ0v) is 18.5. The van der Waals surface area contributed by atoms with Gasteiger partial charge in [0.2, 0.25) is 0 Å². The van der Waals surface area contributed by atoms with E-state index in [1.807, 2.05) is 12.1 Å². The van der Waals surface area contributed by atoms with Crippen molar-refractivity contribution < 1.29 is 9.18 Å². The Labute approximate surface area is 191 Å². The van der Waals surface area contributed by atoms with Crippen LogP contribution in [0, 0.1) is 5.82 Å². The standard InChI is InChI=1S/C26H26FN5O/c27-17-9-12-19(13-10-17)32-22-7-4-3-6-20(22)25(30-32)26(33)28-18-11-14-23-21(16-18)29-24-8-2-1-5-15-31(23)24/h9-14,16H,1-8,15H2,(H,28,33). The van der Waals surface area contributed by atoms with Gasteiger partial charge in [0.05, 0.1) is 16.7 Å². The molecule has 0 radical (unpaired) electrons. The van der Waals surface area contributed by atoms with Crippen molar-refractivity contribution in [2.24, 2.45) is 0 Å². The van der Waals surface area contributed by atoms with Crippen LogP contribution in [0.4, 0.5) is 10.1 Å². The Morgan fingerprint density at radius 1 is 0.939 bits per heavy atom. The van der Waals surface area contributed by atoms with Gasteiger partial charge >= 0.3 is 0 Å². The highest BCUT2D eigenvalue weighted by atomic mass is 19.1. The zero-order chi connectivity index (χ0) is 22.4. The first kappa shape index (κ1) is 20.1. The number of hydrogen-bond acceptors (Lipinski definition) is 3. The van der Waals surface area contributed by atoms with E-state index >= 15 is 0 Å². The van der Waals surface area contributed by atoms with Gasteiger partial charge in [-0.3, -0.25) is 4.79 Å². The van der Waals surface area contributed by atoms with Crippen LogP contribution in [0.15, 0.2) is 42.5 Å². The summed E-state index contributed by atoms with van der Waals surface area (Å²) in [5, 5.41) is 7.72. The number of benzene rings is 2. The number of anilines is 1. The van der Waals surface area contributed by atoms with E-state index in [0.717, 1.165) is 78.1 Å². The molecule has 0 spiro atoms. The Morgan fingerprint density at radius 2 is 1.76 bits per heavy atom. The molecule has 3 heterocycles. The SMILES string of the molecule is O=C(Nc1ccc2c(c1)nc1n2CCCCC1)c1nn(-c2ccc(F)cc2)c2c1CCCC2. The summed E-state index contributed by atoms with van der Waals surface area (Å²) < 4.78 is 17.5. The van der Waals surface area contributed by atoms with Crippen LogP contribution < -0.4 is 5.32 Å². The molecular formula is C26H26FN5O. The predicted octanol–water partition coefficient (Wildman–Crippen LogP) is 5.22. The molecule has 0 saturated carbocycles. The number of aromatic nitrogens is 4. The van der Waals surface area contributed by atoms with E-state index in [4.69, 9.17) is 4.98 Å². The van der Waals surface area contributed by atoms with Crippen LogP contribution in [0.2, 0.25) is 0 Å². The number of imidazole rings is 1. The number of carbonyl (C=O) groups excluding carboxylic acids is 1. The number of aryl methyl sites for hydroxylation is 2. The summed E-state index contributed by atoms with van der Waals surface area (Å²) >= 11 is 0. The molecule has 4 aromatic rings. The van der Waals surface area contributed by atoms with E-state index in [1.54, 1.807) is 16.8 Å². The first-order valence-corrected chi connectivity index (χ1v) is 11.8. The van der Waals surface area contributed by atoms with Gasteiger partial charge < -0.3 is 9.88 Å². The van der Waals surface area contributed by atoms with E-state index in [-0.39, 0.29) is 11.7 Å². The zero-order valence-electron chi connectivity index (χ0n) is 18.5. The molecule has 2 aliphatic rings. The molecule has 1 aliphatic carbocycles. The molecule has 2 aromatic heterocycles. The second kappa shape index (κ2) is 8.14. The van der Waals surface area contributed by atoms with Gasteiger partial charge in [-0.15, -0.1) is 0 Å². The molecule has 0 fully saturated rings. The van der Waals surface area contributed by atoms with Crippen molar-refractivity contribution in [2.75, 3.05) is 5.32 Å². The van der Waals surface area contributed by atoms with Crippen molar-refractivity contribution in [2.45, 2.75) is 57.9 Å². The Morgan fingerprint density at radius 3 is 2.64 bits per heavy atom. The fourth-order valence-corrected chi connectivity index (χ4v) is 5.20. The molecule has 1 aliphatic heterocycles. The molecule has 6 nitrogen and oxygen atoms in total. The van der Waals surface area contributed by atoms with Crippen molar-refractivity contribution in [3.05, 3.63) is 71.1 Å². The molecule has 0 bridgehead atoms. The smallest absolute Gasteiger partial charge is 0.276 e. The Hall–Kier alpha value is -3.48. The summed E-state index contributed by atoms with van der Waals surface area (Å²) in [6, 6.07) is 12.2. The van der Waals surface area contributed by atoms with Crippen molar-refractivity contribution in [3.63, 3.8) is 0 Å². The van der Waals surface area contributed by atoms with Crippen molar-refractivity contribution >= 4 is 22.6 Å². The Kier molecular flexibility index (Phi) is 4.97. The topological polar surface area (TPSA) is 64.7 Å². The lowest BCUT2D eigenvalue weighted by Crippen LogP contribution is -2.15. The molecule has 6 rings (SSSR count). The van der Waals surface area contributed by atoms with Gasteiger partial charge in [-0.1, -0.05) is 6.42 Å². The average Bonchev–Trinajstić information content (AvgIpc) is 3.29. The number of nitrogens with zero attached hydrogens (tertiary/aromatic N) is 4. The van der Waals surface area contributed by atoms with Crippen LogP contribution >= 0.6 is 0 Å². The third-order valence-corrected chi connectivity index (χ3v) is 6.83. The number of halogens is 1. The highest BCUT2D eigenvalue weighted by Gasteiger charge is 2.26. The number of amides is 1. The number of hydrogen-bond donors (Lipinski definition) is 1. The first-order chi connectivity index (χ1) is 16.2. The van der Waals surface area contributed by atoms with Crippen LogP contribution in [0.5, 0.6) is 0 Å². The normalized spacial score (nSPS) is 15.7. The summed E-state index contributed by atoms with van der Waals surface area (Å²) in [6.45, 7) is 1.00. The van der Waals surface area contributed by atoms with Gasteiger partial charge in [-0.25, -0.2) is 14.1 Å². The lowest BCUT2D eigenvalue weighted by molar-refractivity contribution is 0.102. The van der Waals surface area contributed by atoms with Crippen LogP contribution in [-0.4, -0.2) is 25.2 Å². The van der Waals surface area contributed by atoms with Crippen molar-refractivity contribution in [3.8, 4) is 5.69 Å². The maximum atomic E-state index is 13.4. The lowest BCUT2D eigenvalue weighted by Gasteiger charge is -2.14. The average molecular weight is 444 g/mol. The van der Waals surface area contributed by atoms with Crippen LogP contribution in [0.25, 0.3) is 16.7 Å². The molecule has 7 heteroatoms. The number of fused-ring (bicyclic) bond motifs is 4. The summed E-state index contributed by atoms with van der Waals surface area (Å²) in [6.07, 6.45) is 8.38. The Bertz CT molecular complexity index is 1350. The molecule has 0 unspecified atom stereocenters. The molecule has 1 amide bonds. The molecule has 33 heavy (non-hydrogen) atoms. The number of nitrogens with one attached hydrogen (secondary N) is 1. The highest BCUT2D eigenvalue weighted by Crippen LogP contribution is 2.29. The second-order valence-corrected chi connectivity index (χ2v) is 9.02. The highest BCUT2D eigenvalue weighted by molar-refractivity contribution is 6.05. The summed E-state index contributed by atoms with van der Waals surface area (Å²) in [5.41, 5.74) is 6.04. The molecule has 2 aromatic carbocycles. The molecular weight excluding hydrogens is 417 g/mol. The van der Waals surface area contributed by atoms with Crippen LogP contribution in [0.1, 0.15) is 59.7 Å².